The van der Waals surface area contributed by atoms with Gasteiger partial charge in [0.1, 0.15) is 11.6 Å². The highest BCUT2D eigenvalue weighted by atomic mass is 16.7. The molecule has 130 valence electrons. The first kappa shape index (κ1) is 15.2. The summed E-state index contributed by atoms with van der Waals surface area (Å²) in [4.78, 5) is 13.6. The Kier molecular flexibility index (Phi) is 3.35. The van der Waals surface area contributed by atoms with Gasteiger partial charge in [-0.15, -0.1) is 0 Å². The predicted molar refractivity (Wildman–Crippen MR) is 99.6 cm³/mol. The minimum atomic E-state index is -0.246. The van der Waals surface area contributed by atoms with Gasteiger partial charge >= 0.3 is 0 Å². The van der Waals surface area contributed by atoms with Crippen LogP contribution in [0.1, 0.15) is 22.3 Å². The van der Waals surface area contributed by atoms with Gasteiger partial charge in [-0.05, 0) is 25.5 Å². The molecule has 0 bridgehead atoms. The molecule has 5 heteroatoms. The number of hydrogen-bond donors (Lipinski definition) is 0. The zero-order valence-corrected chi connectivity index (χ0v) is 14.7. The van der Waals surface area contributed by atoms with E-state index in [0.717, 1.165) is 22.7 Å². The first-order valence-electron chi connectivity index (χ1n) is 8.79. The van der Waals surface area contributed by atoms with Gasteiger partial charge in [0.15, 0.2) is 11.9 Å². The maximum Gasteiger partial charge on any atom is 0.217 e. The standard InChI is InChI=1S/C21H19N3O2/c1-13-3-7-15(8-4-13)19-18-17(25-22-19)11-12-24-20(23-26-21(18)24)16-9-5-14(2)6-10-16/h3-12,17-18,21H,1-2H3/t17-,18-,21-/m0/s1. The van der Waals surface area contributed by atoms with Crippen LogP contribution in [-0.2, 0) is 9.68 Å². The second-order valence-electron chi connectivity index (χ2n) is 6.96. The van der Waals surface area contributed by atoms with Gasteiger partial charge in [0.2, 0.25) is 6.23 Å². The van der Waals surface area contributed by atoms with Gasteiger partial charge < -0.3 is 9.68 Å². The first-order valence-corrected chi connectivity index (χ1v) is 8.79. The van der Waals surface area contributed by atoms with Crippen LogP contribution in [-0.4, -0.2) is 28.8 Å². The molecule has 2 aromatic rings. The molecule has 0 fully saturated rings. The minimum Gasteiger partial charge on any atom is -0.387 e. The first-order chi connectivity index (χ1) is 12.7. The summed E-state index contributed by atoms with van der Waals surface area (Å²) in [6, 6.07) is 16.6. The fourth-order valence-corrected chi connectivity index (χ4v) is 3.62. The smallest absolute Gasteiger partial charge is 0.217 e. The molecular formula is C21H19N3O2. The molecule has 0 saturated carbocycles. The quantitative estimate of drug-likeness (QED) is 0.836. The van der Waals surface area contributed by atoms with E-state index in [4.69, 9.17) is 9.68 Å². The maximum atomic E-state index is 5.85. The van der Waals surface area contributed by atoms with Crippen molar-refractivity contribution >= 4 is 11.5 Å². The van der Waals surface area contributed by atoms with Crippen LogP contribution < -0.4 is 0 Å². The summed E-state index contributed by atoms with van der Waals surface area (Å²) in [5.74, 6) is 0.800. The molecule has 0 unspecified atom stereocenters. The molecule has 3 aliphatic rings. The van der Waals surface area contributed by atoms with E-state index >= 15 is 0 Å². The third-order valence-corrected chi connectivity index (χ3v) is 5.11. The number of aryl methyl sites for hydroxylation is 2. The predicted octanol–water partition coefficient (Wildman–Crippen LogP) is 3.57. The van der Waals surface area contributed by atoms with Crippen LogP contribution in [0.4, 0.5) is 0 Å². The van der Waals surface area contributed by atoms with Crippen molar-refractivity contribution in [1.29, 1.82) is 0 Å². The summed E-state index contributed by atoms with van der Waals surface area (Å²) >= 11 is 0. The highest BCUT2D eigenvalue weighted by molar-refractivity contribution is 6.05. The Morgan fingerprint density at radius 3 is 2.15 bits per heavy atom. The van der Waals surface area contributed by atoms with Gasteiger partial charge in [0.25, 0.3) is 0 Å². The van der Waals surface area contributed by atoms with Crippen LogP contribution in [0.25, 0.3) is 0 Å². The summed E-state index contributed by atoms with van der Waals surface area (Å²) in [6.45, 7) is 4.15. The van der Waals surface area contributed by atoms with Gasteiger partial charge in [-0.25, -0.2) is 0 Å². The van der Waals surface area contributed by atoms with Gasteiger partial charge in [-0.3, -0.25) is 4.90 Å². The van der Waals surface area contributed by atoms with Crippen molar-refractivity contribution < 1.29 is 9.68 Å². The van der Waals surface area contributed by atoms with E-state index < -0.39 is 0 Å². The van der Waals surface area contributed by atoms with E-state index in [-0.39, 0.29) is 18.2 Å². The number of oxime groups is 2. The molecule has 5 nitrogen and oxygen atoms in total. The molecule has 0 aliphatic carbocycles. The van der Waals surface area contributed by atoms with Gasteiger partial charge in [0, 0.05) is 11.8 Å². The lowest BCUT2D eigenvalue weighted by Crippen LogP contribution is -2.47. The third kappa shape index (κ3) is 2.31. The Balaban J connectivity index is 1.47. The van der Waals surface area contributed by atoms with Crippen molar-refractivity contribution in [1.82, 2.24) is 4.90 Å². The molecule has 0 N–H and O–H groups in total. The number of amidine groups is 1. The van der Waals surface area contributed by atoms with Crippen LogP contribution in [0.5, 0.6) is 0 Å². The van der Waals surface area contributed by atoms with Crippen LogP contribution in [0.2, 0.25) is 0 Å². The molecule has 3 atom stereocenters. The van der Waals surface area contributed by atoms with Gasteiger partial charge in [-0.2, -0.15) is 0 Å². The fraction of sp³-hybridized carbons (Fsp3) is 0.238. The summed E-state index contributed by atoms with van der Waals surface area (Å²) in [5.41, 5.74) is 5.45. The van der Waals surface area contributed by atoms with E-state index in [9.17, 15) is 0 Å². The lowest BCUT2D eigenvalue weighted by molar-refractivity contribution is -0.0385. The van der Waals surface area contributed by atoms with Crippen LogP contribution in [0.15, 0.2) is 71.1 Å². The Labute approximate surface area is 152 Å². The van der Waals surface area contributed by atoms with Crippen LogP contribution in [0.3, 0.4) is 0 Å². The number of hydrogen-bond acceptors (Lipinski definition) is 5. The molecule has 0 spiro atoms. The third-order valence-electron chi connectivity index (χ3n) is 5.11. The SMILES string of the molecule is Cc1ccc(C2=NO[C@H]3C=CN4C(c5ccc(C)cc5)=NO[C@H]4[C@H]23)cc1. The number of fused-ring (bicyclic) bond motifs is 3. The summed E-state index contributed by atoms with van der Waals surface area (Å²) in [6.07, 6.45) is 3.65. The minimum absolute atomic E-state index is 0.0191. The van der Waals surface area contributed by atoms with Crippen molar-refractivity contribution in [3.8, 4) is 0 Å². The number of rotatable bonds is 2. The summed E-state index contributed by atoms with van der Waals surface area (Å²) in [7, 11) is 0. The van der Waals surface area contributed by atoms with E-state index in [2.05, 4.69) is 77.6 Å². The average molecular weight is 345 g/mol. The lowest BCUT2D eigenvalue weighted by atomic mass is 9.88. The zero-order valence-electron chi connectivity index (χ0n) is 14.7. The Morgan fingerprint density at radius 2 is 1.46 bits per heavy atom. The molecule has 3 aliphatic heterocycles. The summed E-state index contributed by atoms with van der Waals surface area (Å²) < 4.78 is 0. The van der Waals surface area contributed by atoms with Crippen LogP contribution in [0, 0.1) is 19.8 Å². The second-order valence-corrected chi connectivity index (χ2v) is 6.96. The van der Waals surface area contributed by atoms with Gasteiger partial charge in [0.05, 0.1) is 0 Å². The highest BCUT2D eigenvalue weighted by Gasteiger charge is 2.49. The Bertz CT molecular complexity index is 929. The van der Waals surface area contributed by atoms with Crippen molar-refractivity contribution in [2.24, 2.45) is 16.2 Å². The summed E-state index contributed by atoms with van der Waals surface area (Å²) in [5, 5.41) is 8.72. The highest BCUT2D eigenvalue weighted by Crippen LogP contribution is 2.37. The van der Waals surface area contributed by atoms with E-state index in [0.29, 0.717) is 0 Å². The van der Waals surface area contributed by atoms with Gasteiger partial charge in [-0.1, -0.05) is 70.0 Å². The van der Waals surface area contributed by atoms with Crippen LogP contribution >= 0.6 is 0 Å². The number of nitrogens with zero attached hydrogens (tertiary/aromatic N) is 3. The molecule has 0 aromatic heterocycles. The van der Waals surface area contributed by atoms with E-state index in [1.165, 1.54) is 11.1 Å². The van der Waals surface area contributed by atoms with Crippen molar-refractivity contribution in [2.45, 2.75) is 26.2 Å². The molecule has 0 amide bonds. The van der Waals surface area contributed by atoms with E-state index in [1.807, 2.05) is 12.3 Å². The maximum absolute atomic E-state index is 5.85. The molecule has 5 rings (SSSR count). The second kappa shape index (κ2) is 5.73. The monoisotopic (exact) mass is 345 g/mol. The van der Waals surface area contributed by atoms with Crippen molar-refractivity contribution in [2.75, 3.05) is 0 Å². The Morgan fingerprint density at radius 1 is 0.808 bits per heavy atom. The molecule has 2 aromatic carbocycles. The number of benzene rings is 2. The van der Waals surface area contributed by atoms with Crippen molar-refractivity contribution in [3.63, 3.8) is 0 Å². The average Bonchev–Trinajstić information content (AvgIpc) is 3.27. The van der Waals surface area contributed by atoms with E-state index in [1.54, 1.807) is 0 Å². The van der Waals surface area contributed by atoms with Crippen molar-refractivity contribution in [3.05, 3.63) is 83.1 Å². The molecule has 0 radical (unpaired) electrons. The molecule has 3 heterocycles. The molecular weight excluding hydrogens is 326 g/mol. The normalized spacial score (nSPS) is 25.8. The zero-order chi connectivity index (χ0) is 17.7. The Hall–Kier alpha value is -3.08. The molecule has 0 saturated heterocycles. The largest absolute Gasteiger partial charge is 0.387 e. The molecule has 26 heavy (non-hydrogen) atoms. The lowest BCUT2D eigenvalue weighted by Gasteiger charge is -2.32. The topological polar surface area (TPSA) is 46.4 Å². The fourth-order valence-electron chi connectivity index (χ4n) is 3.62.